The number of pyridine rings is 1. The Labute approximate surface area is 302 Å². The van der Waals surface area contributed by atoms with Crippen molar-refractivity contribution >= 4 is 28.8 Å². The molecule has 0 radical (unpaired) electrons. The van der Waals surface area contributed by atoms with Gasteiger partial charge in [-0.15, -0.1) is 11.3 Å². The maximum absolute atomic E-state index is 11.0. The van der Waals surface area contributed by atoms with Gasteiger partial charge in [0.1, 0.15) is 6.61 Å². The number of carboxylic acids is 1. The largest absolute Gasteiger partial charge is 0.478 e. The highest BCUT2D eigenvalue weighted by Gasteiger charge is 2.39. The summed E-state index contributed by atoms with van der Waals surface area (Å²) in [7, 11) is 0. The highest BCUT2D eigenvalue weighted by atomic mass is 32.1. The van der Waals surface area contributed by atoms with Gasteiger partial charge < -0.3 is 15.2 Å². The van der Waals surface area contributed by atoms with E-state index in [1.165, 1.54) is 43.4 Å². The number of amidine groups is 1. The number of ether oxygens (including phenoxy) is 1. The average molecular weight is 696 g/mol. The van der Waals surface area contributed by atoms with Crippen molar-refractivity contribution in [2.75, 3.05) is 5.32 Å². The first kappa shape index (κ1) is 39.9. The molecule has 0 aliphatic heterocycles. The molecular weight excluding hydrogens is 643 g/mol. The van der Waals surface area contributed by atoms with Crippen LogP contribution in [0.5, 0.6) is 5.88 Å². The molecular formula is C41H53N5O3S. The number of carbonyl (C=O) groups is 1. The van der Waals surface area contributed by atoms with Gasteiger partial charge in [-0.3, -0.25) is 9.98 Å². The molecule has 0 bridgehead atoms. The van der Waals surface area contributed by atoms with E-state index in [4.69, 9.17) is 20.1 Å². The molecule has 2 heterocycles. The van der Waals surface area contributed by atoms with Gasteiger partial charge in [-0.05, 0) is 118 Å². The summed E-state index contributed by atoms with van der Waals surface area (Å²) in [5, 5.41) is 21.2. The monoisotopic (exact) mass is 695 g/mol. The predicted molar refractivity (Wildman–Crippen MR) is 205 cm³/mol. The topological polar surface area (TPSA) is 120 Å². The van der Waals surface area contributed by atoms with Crippen molar-refractivity contribution in [3.63, 3.8) is 0 Å². The number of rotatable bonds is 13. The Kier molecular flexibility index (Phi) is 16.6. The van der Waals surface area contributed by atoms with E-state index < -0.39 is 5.97 Å². The number of nitrogens with zero attached hydrogens (tertiary/aromatic N) is 4. The van der Waals surface area contributed by atoms with Crippen LogP contribution < -0.4 is 10.1 Å². The number of aromatic nitrogens is 2. The minimum Gasteiger partial charge on any atom is -0.478 e. The lowest BCUT2D eigenvalue weighted by molar-refractivity contribution is 0.0696. The number of anilines is 1. The number of benzene rings is 2. The Morgan fingerprint density at radius 3 is 2.44 bits per heavy atom. The van der Waals surface area contributed by atoms with Gasteiger partial charge >= 0.3 is 5.97 Å². The smallest absolute Gasteiger partial charge is 0.335 e. The van der Waals surface area contributed by atoms with E-state index in [1.807, 2.05) is 75.8 Å². The first-order chi connectivity index (χ1) is 24.0. The van der Waals surface area contributed by atoms with Gasteiger partial charge in [0.2, 0.25) is 5.88 Å². The van der Waals surface area contributed by atoms with E-state index in [1.54, 1.807) is 29.5 Å². The van der Waals surface area contributed by atoms with E-state index >= 15 is 0 Å². The van der Waals surface area contributed by atoms with Crippen molar-refractivity contribution in [2.45, 2.75) is 106 Å². The lowest BCUT2D eigenvalue weighted by Crippen LogP contribution is -2.16. The molecule has 0 saturated heterocycles. The summed E-state index contributed by atoms with van der Waals surface area (Å²) in [6, 6.07) is 18.9. The van der Waals surface area contributed by atoms with Gasteiger partial charge in [0.15, 0.2) is 0 Å². The number of aromatic carboxylic acids is 1. The second kappa shape index (κ2) is 20.8. The molecule has 4 aromatic rings. The quantitative estimate of drug-likeness (QED) is 0.105. The molecule has 3 unspecified atom stereocenters. The van der Waals surface area contributed by atoms with Gasteiger partial charge in [0.25, 0.3) is 0 Å². The summed E-state index contributed by atoms with van der Waals surface area (Å²) in [6.07, 6.45) is 10.6. The van der Waals surface area contributed by atoms with Crippen LogP contribution >= 0.6 is 11.3 Å². The average Bonchev–Trinajstić information content (AvgIpc) is 3.59. The highest BCUT2D eigenvalue weighted by molar-refractivity contribution is 7.09. The molecule has 0 amide bonds. The molecule has 1 saturated carbocycles. The molecule has 1 fully saturated rings. The minimum absolute atomic E-state index is 0.315. The Hall–Kier alpha value is -4.55. The van der Waals surface area contributed by atoms with E-state index in [2.05, 4.69) is 42.1 Å². The molecule has 1 aliphatic carbocycles. The molecule has 2 N–H and O–H groups in total. The summed E-state index contributed by atoms with van der Waals surface area (Å²) >= 11 is 1.75. The number of nitrogens with one attached hydrogen (secondary N) is 1. The molecule has 0 spiro atoms. The Morgan fingerprint density at radius 1 is 1.10 bits per heavy atom. The van der Waals surface area contributed by atoms with E-state index in [9.17, 15) is 4.79 Å². The molecule has 9 heteroatoms. The third kappa shape index (κ3) is 13.8. The van der Waals surface area contributed by atoms with Gasteiger partial charge in [-0.25, -0.2) is 9.78 Å². The van der Waals surface area contributed by atoms with Crippen LogP contribution in [0.25, 0.3) is 0 Å². The van der Waals surface area contributed by atoms with Crippen molar-refractivity contribution in [3.8, 4) is 11.9 Å². The van der Waals surface area contributed by atoms with Crippen LogP contribution in [-0.4, -0.2) is 32.9 Å². The van der Waals surface area contributed by atoms with E-state index in [-0.39, 0.29) is 0 Å². The van der Waals surface area contributed by atoms with Crippen LogP contribution in [0.3, 0.4) is 0 Å². The maximum atomic E-state index is 11.0. The normalized spacial score (nSPS) is 15.4. The molecule has 1 aliphatic rings. The standard InChI is InChI=1S/C19H28N2O2.C15H14N2O.C7H11NS/c1-5-6-7-18(16-11-12(16)2)21-14(4)20-17-9-8-15(19(22)23)10-13(17)3;1-11-8-13(9-16)6-7-14(11)10-18-15-5-3-4-12(2)17-15;1-2-3-4-7-5-8-6-9-7/h8-10,12,16,18H,5-7,11H2,1-4H3,(H,20,21)(H,22,23);3-8H,10H2,1-2H3;5-6H,2-4H2,1H3. The zero-order chi connectivity index (χ0) is 36.5. The third-order valence-electron chi connectivity index (χ3n) is 8.64. The number of hydrogen-bond donors (Lipinski definition) is 2. The first-order valence-electron chi connectivity index (χ1n) is 17.6. The molecule has 2 aromatic heterocycles. The molecule has 3 atom stereocenters. The van der Waals surface area contributed by atoms with Crippen molar-refractivity contribution in [3.05, 3.63) is 105 Å². The first-order valence-corrected chi connectivity index (χ1v) is 18.5. The van der Waals surface area contributed by atoms with Crippen LogP contribution in [0.15, 0.2) is 71.3 Å². The van der Waals surface area contributed by atoms with Crippen LogP contribution in [0.1, 0.15) is 109 Å². The fourth-order valence-corrected chi connectivity index (χ4v) is 6.12. The molecule has 8 nitrogen and oxygen atoms in total. The number of thiazole rings is 1. The minimum atomic E-state index is -0.896. The van der Waals surface area contributed by atoms with Crippen LogP contribution in [0.4, 0.5) is 5.69 Å². The number of aryl methyl sites for hydroxylation is 4. The van der Waals surface area contributed by atoms with Crippen molar-refractivity contribution in [2.24, 2.45) is 16.8 Å². The van der Waals surface area contributed by atoms with Crippen molar-refractivity contribution < 1.29 is 14.6 Å². The maximum Gasteiger partial charge on any atom is 0.335 e. The van der Waals surface area contributed by atoms with Crippen LogP contribution in [0, 0.1) is 43.9 Å². The van der Waals surface area contributed by atoms with Gasteiger partial charge in [0, 0.05) is 28.5 Å². The van der Waals surface area contributed by atoms with Crippen molar-refractivity contribution in [1.29, 1.82) is 5.26 Å². The van der Waals surface area contributed by atoms with Gasteiger partial charge in [0.05, 0.1) is 34.6 Å². The molecule has 2 aromatic carbocycles. The summed E-state index contributed by atoms with van der Waals surface area (Å²) < 4.78 is 5.63. The van der Waals surface area contributed by atoms with Gasteiger partial charge in [-0.1, -0.05) is 52.2 Å². The second-order valence-corrected chi connectivity index (χ2v) is 14.0. The van der Waals surface area contributed by atoms with E-state index in [0.717, 1.165) is 52.2 Å². The molecule has 50 heavy (non-hydrogen) atoms. The zero-order valence-corrected chi connectivity index (χ0v) is 31.5. The third-order valence-corrected chi connectivity index (χ3v) is 9.48. The molecule has 5 rings (SSSR count). The van der Waals surface area contributed by atoms with Crippen molar-refractivity contribution in [1.82, 2.24) is 9.97 Å². The number of aliphatic imine (C=N–C) groups is 1. The van der Waals surface area contributed by atoms with Gasteiger partial charge in [-0.2, -0.15) is 5.26 Å². The van der Waals surface area contributed by atoms with Crippen LogP contribution in [0.2, 0.25) is 0 Å². The predicted octanol–water partition coefficient (Wildman–Crippen LogP) is 10.4. The summed E-state index contributed by atoms with van der Waals surface area (Å²) in [5.41, 5.74) is 7.78. The SMILES string of the molecule is CCCCC(N=C(C)Nc1ccc(C(=O)O)cc1C)C1CC1C.CCCCc1cncs1.Cc1cccc(OCc2ccc(C#N)cc2C)n1. The Bertz CT molecular complexity index is 1710. The van der Waals surface area contributed by atoms with Crippen LogP contribution in [-0.2, 0) is 13.0 Å². The number of hydrogen-bond acceptors (Lipinski definition) is 7. The summed E-state index contributed by atoms with van der Waals surface area (Å²) in [4.78, 5) is 25.6. The Morgan fingerprint density at radius 2 is 1.86 bits per heavy atom. The lowest BCUT2D eigenvalue weighted by atomic mass is 10.0. The summed E-state index contributed by atoms with van der Waals surface area (Å²) in [6.45, 7) is 15.0. The second-order valence-electron chi connectivity index (χ2n) is 13.0. The summed E-state index contributed by atoms with van der Waals surface area (Å²) in [5.74, 6) is 2.17. The Balaban J connectivity index is 0.000000221. The fourth-order valence-electron chi connectivity index (χ4n) is 5.48. The van der Waals surface area contributed by atoms with E-state index in [0.29, 0.717) is 29.7 Å². The lowest BCUT2D eigenvalue weighted by Gasteiger charge is -2.15. The number of unbranched alkanes of at least 4 members (excludes halogenated alkanes) is 2. The fraction of sp³-hybridized carbons (Fsp3) is 0.439. The number of carboxylic acid groups (broad SMARTS) is 1. The number of nitriles is 1. The zero-order valence-electron chi connectivity index (χ0n) is 30.7. The highest BCUT2D eigenvalue weighted by Crippen LogP contribution is 2.43. The molecule has 266 valence electrons.